The minimum atomic E-state index is -4.33. The molecule has 0 bridgehead atoms. The second kappa shape index (κ2) is 11.7. The Balaban J connectivity index is 0.00000341. The van der Waals surface area contributed by atoms with Crippen LogP contribution >= 0.6 is 24.0 Å². The zero-order chi connectivity index (χ0) is 21.4. The molecule has 2 N–H and O–H groups in total. The zero-order valence-electron chi connectivity index (χ0n) is 16.9. The fourth-order valence-electron chi connectivity index (χ4n) is 2.84. The van der Waals surface area contributed by atoms with Gasteiger partial charge in [0, 0.05) is 13.1 Å². The lowest BCUT2D eigenvalue weighted by Crippen LogP contribution is -2.36. The Morgan fingerprint density at radius 3 is 2.42 bits per heavy atom. The minimum Gasteiger partial charge on any atom is -0.357 e. The van der Waals surface area contributed by atoms with Crippen molar-refractivity contribution in [2.24, 2.45) is 4.99 Å². The standard InChI is InChI=1S/C21H23F3N6.HI/c1-2-26-20(27-11-16-6-8-19(9-7-16)21(22,23)24)28-12-17-4-3-5-18(10-17)13-30-15-25-14-29-30;/h3-10,14-15H,2,11-13H2,1H3,(H2,26,27,28);1H. The van der Waals surface area contributed by atoms with Crippen LogP contribution in [0, 0.1) is 0 Å². The number of benzene rings is 2. The zero-order valence-corrected chi connectivity index (χ0v) is 19.3. The maximum absolute atomic E-state index is 12.7. The number of nitrogens with one attached hydrogen (secondary N) is 2. The molecule has 0 atom stereocenters. The van der Waals surface area contributed by atoms with E-state index in [9.17, 15) is 13.2 Å². The van der Waals surface area contributed by atoms with Gasteiger partial charge in [-0.05, 0) is 35.7 Å². The Labute approximate surface area is 196 Å². The van der Waals surface area contributed by atoms with Crippen LogP contribution in [0.4, 0.5) is 13.2 Å². The summed E-state index contributed by atoms with van der Waals surface area (Å²) in [4.78, 5) is 8.51. The van der Waals surface area contributed by atoms with Crippen LogP contribution in [0.1, 0.15) is 29.2 Å². The summed E-state index contributed by atoms with van der Waals surface area (Å²) in [6.45, 7) is 4.09. The Kier molecular flexibility index (Phi) is 9.28. The molecule has 3 aromatic rings. The lowest BCUT2D eigenvalue weighted by molar-refractivity contribution is -0.137. The van der Waals surface area contributed by atoms with Crippen LogP contribution in [0.15, 0.2) is 66.2 Å². The third-order valence-corrected chi connectivity index (χ3v) is 4.31. The Hall–Kier alpha value is -2.63. The molecule has 0 unspecified atom stereocenters. The molecule has 0 fully saturated rings. The molecular weight excluding hydrogens is 520 g/mol. The van der Waals surface area contributed by atoms with Gasteiger partial charge in [-0.3, -0.25) is 0 Å². The van der Waals surface area contributed by atoms with Gasteiger partial charge in [-0.2, -0.15) is 18.3 Å². The maximum atomic E-state index is 12.7. The summed E-state index contributed by atoms with van der Waals surface area (Å²) >= 11 is 0. The molecule has 166 valence electrons. The molecule has 2 aromatic carbocycles. The normalized spacial score (nSPS) is 11.7. The van der Waals surface area contributed by atoms with E-state index in [4.69, 9.17) is 0 Å². The molecule has 1 aromatic heterocycles. The third-order valence-electron chi connectivity index (χ3n) is 4.31. The van der Waals surface area contributed by atoms with Crippen LogP contribution in [-0.2, 0) is 25.8 Å². The van der Waals surface area contributed by atoms with Gasteiger partial charge in [0.05, 0.1) is 18.7 Å². The highest BCUT2D eigenvalue weighted by atomic mass is 127. The van der Waals surface area contributed by atoms with Gasteiger partial charge in [0.1, 0.15) is 12.7 Å². The molecule has 31 heavy (non-hydrogen) atoms. The molecule has 3 rings (SSSR count). The van der Waals surface area contributed by atoms with Crippen molar-refractivity contribution in [3.63, 3.8) is 0 Å². The van der Waals surface area contributed by atoms with Crippen LogP contribution in [0.2, 0.25) is 0 Å². The highest BCUT2D eigenvalue weighted by molar-refractivity contribution is 14.0. The van der Waals surface area contributed by atoms with Crippen molar-refractivity contribution in [3.8, 4) is 0 Å². The van der Waals surface area contributed by atoms with E-state index >= 15 is 0 Å². The van der Waals surface area contributed by atoms with E-state index in [1.807, 2.05) is 25.1 Å². The molecule has 0 aliphatic heterocycles. The molecule has 6 nitrogen and oxygen atoms in total. The Morgan fingerprint density at radius 2 is 1.77 bits per heavy atom. The lowest BCUT2D eigenvalue weighted by atomic mass is 10.1. The molecular formula is C21H24F3IN6. The Bertz CT molecular complexity index is 956. The van der Waals surface area contributed by atoms with E-state index in [1.54, 1.807) is 11.0 Å². The average Bonchev–Trinajstić information content (AvgIpc) is 3.23. The van der Waals surface area contributed by atoms with Crippen molar-refractivity contribution < 1.29 is 13.2 Å². The number of aromatic nitrogens is 3. The molecule has 0 radical (unpaired) electrons. The molecule has 0 aliphatic rings. The predicted octanol–water partition coefficient (Wildman–Crippen LogP) is 4.22. The average molecular weight is 544 g/mol. The lowest BCUT2D eigenvalue weighted by Gasteiger charge is -2.12. The number of aliphatic imine (C=N–C) groups is 1. The summed E-state index contributed by atoms with van der Waals surface area (Å²) in [5, 5.41) is 10.4. The van der Waals surface area contributed by atoms with E-state index < -0.39 is 11.7 Å². The predicted molar refractivity (Wildman–Crippen MR) is 124 cm³/mol. The number of hydrogen-bond donors (Lipinski definition) is 2. The van der Waals surface area contributed by atoms with Gasteiger partial charge in [-0.15, -0.1) is 24.0 Å². The van der Waals surface area contributed by atoms with Crippen LogP contribution < -0.4 is 10.6 Å². The highest BCUT2D eigenvalue weighted by Crippen LogP contribution is 2.29. The fourth-order valence-corrected chi connectivity index (χ4v) is 2.84. The summed E-state index contributed by atoms with van der Waals surface area (Å²) in [7, 11) is 0. The first-order valence-corrected chi connectivity index (χ1v) is 9.52. The number of nitrogens with zero attached hydrogens (tertiary/aromatic N) is 4. The molecule has 0 saturated carbocycles. The first-order valence-electron chi connectivity index (χ1n) is 9.52. The first kappa shape index (κ1) is 24.6. The van der Waals surface area contributed by atoms with E-state index in [-0.39, 0.29) is 24.0 Å². The van der Waals surface area contributed by atoms with Crippen molar-refractivity contribution >= 4 is 29.9 Å². The highest BCUT2D eigenvalue weighted by Gasteiger charge is 2.29. The van der Waals surface area contributed by atoms with Gasteiger partial charge < -0.3 is 10.6 Å². The van der Waals surface area contributed by atoms with Crippen LogP contribution in [0.25, 0.3) is 0 Å². The van der Waals surface area contributed by atoms with E-state index in [2.05, 4.69) is 31.8 Å². The number of halogens is 4. The summed E-state index contributed by atoms with van der Waals surface area (Å²) in [6.07, 6.45) is -1.16. The minimum absolute atomic E-state index is 0. The van der Waals surface area contributed by atoms with Crippen molar-refractivity contribution in [1.82, 2.24) is 25.4 Å². The van der Waals surface area contributed by atoms with Crippen LogP contribution in [0.3, 0.4) is 0 Å². The van der Waals surface area contributed by atoms with E-state index in [1.165, 1.54) is 18.5 Å². The summed E-state index contributed by atoms with van der Waals surface area (Å²) in [5.74, 6) is 0.596. The van der Waals surface area contributed by atoms with Crippen molar-refractivity contribution in [2.45, 2.75) is 32.7 Å². The number of alkyl halides is 3. The smallest absolute Gasteiger partial charge is 0.357 e. The third kappa shape index (κ3) is 7.85. The summed E-state index contributed by atoms with van der Waals surface area (Å²) in [5.41, 5.74) is 2.22. The first-order chi connectivity index (χ1) is 14.4. The number of rotatable bonds is 7. The molecule has 0 saturated heterocycles. The molecule has 1 heterocycles. The monoisotopic (exact) mass is 544 g/mol. The number of hydrogen-bond acceptors (Lipinski definition) is 3. The van der Waals surface area contributed by atoms with Gasteiger partial charge in [-0.25, -0.2) is 14.7 Å². The van der Waals surface area contributed by atoms with Gasteiger partial charge in [0.15, 0.2) is 5.96 Å². The topological polar surface area (TPSA) is 67.1 Å². The van der Waals surface area contributed by atoms with Crippen molar-refractivity contribution in [1.29, 1.82) is 0 Å². The largest absolute Gasteiger partial charge is 0.416 e. The number of guanidine groups is 1. The summed E-state index contributed by atoms with van der Waals surface area (Å²) < 4.78 is 39.8. The maximum Gasteiger partial charge on any atom is 0.416 e. The Morgan fingerprint density at radius 1 is 1.03 bits per heavy atom. The second-order valence-corrected chi connectivity index (χ2v) is 6.66. The van der Waals surface area contributed by atoms with Gasteiger partial charge >= 0.3 is 6.18 Å². The molecule has 0 amide bonds. The SMILES string of the molecule is CCNC(=NCc1cccc(Cn2cncn2)c1)NCc1ccc(C(F)(F)F)cc1.I. The van der Waals surface area contributed by atoms with Gasteiger partial charge in [-0.1, -0.05) is 36.4 Å². The van der Waals surface area contributed by atoms with Gasteiger partial charge in [0.25, 0.3) is 0 Å². The van der Waals surface area contributed by atoms with Gasteiger partial charge in [0.2, 0.25) is 0 Å². The van der Waals surface area contributed by atoms with E-state index in [0.29, 0.717) is 32.1 Å². The molecule has 0 spiro atoms. The molecule has 10 heteroatoms. The van der Waals surface area contributed by atoms with E-state index in [0.717, 1.165) is 28.8 Å². The van der Waals surface area contributed by atoms with Crippen molar-refractivity contribution in [3.05, 3.63) is 83.4 Å². The van der Waals surface area contributed by atoms with Crippen LogP contribution in [0.5, 0.6) is 0 Å². The molecule has 0 aliphatic carbocycles. The van der Waals surface area contributed by atoms with Crippen molar-refractivity contribution in [2.75, 3.05) is 6.54 Å². The quantitative estimate of drug-likeness (QED) is 0.266. The second-order valence-electron chi connectivity index (χ2n) is 6.66. The fraction of sp³-hybridized carbons (Fsp3) is 0.286. The van der Waals surface area contributed by atoms with Crippen LogP contribution in [-0.4, -0.2) is 27.3 Å². The summed E-state index contributed by atoms with van der Waals surface area (Å²) in [6, 6.07) is 13.1.